The summed E-state index contributed by atoms with van der Waals surface area (Å²) in [5, 5.41) is 2.10. The van der Waals surface area contributed by atoms with Gasteiger partial charge in [-0.05, 0) is 38.1 Å². The summed E-state index contributed by atoms with van der Waals surface area (Å²) in [6.45, 7) is 5.63. The molecule has 0 amide bonds. The van der Waals surface area contributed by atoms with Gasteiger partial charge in [0.15, 0.2) is 0 Å². The van der Waals surface area contributed by atoms with Crippen LogP contribution in [0.25, 0.3) is 0 Å². The second-order valence-corrected chi connectivity index (χ2v) is 4.12. The lowest BCUT2D eigenvalue weighted by atomic mass is 10.3. The summed E-state index contributed by atoms with van der Waals surface area (Å²) in [6, 6.07) is 18.2. The molecule has 100 valence electrons. The highest BCUT2D eigenvalue weighted by molar-refractivity contribution is 5.61. The van der Waals surface area contributed by atoms with Crippen molar-refractivity contribution in [1.82, 2.24) is 0 Å². The molecule has 2 aromatic carbocycles. The molecule has 0 radical (unpaired) electrons. The fraction of sp³-hybridized carbons (Fsp3) is 0.250. The molecule has 19 heavy (non-hydrogen) atoms. The number of para-hydroxylation sites is 3. The van der Waals surface area contributed by atoms with Crippen molar-refractivity contribution in [1.29, 1.82) is 0 Å². The van der Waals surface area contributed by atoms with Crippen LogP contribution in [0.3, 0.4) is 0 Å². The number of hydrogen-bond donors (Lipinski definition) is 1. The highest BCUT2D eigenvalue weighted by atomic mass is 16.5. The molecule has 0 saturated carbocycles. The summed E-state index contributed by atoms with van der Waals surface area (Å²) >= 11 is 0. The van der Waals surface area contributed by atoms with Gasteiger partial charge in [0, 0.05) is 6.54 Å². The van der Waals surface area contributed by atoms with Crippen LogP contribution in [0, 0.1) is 0 Å². The molecule has 0 spiro atoms. The van der Waals surface area contributed by atoms with Gasteiger partial charge in [-0.1, -0.05) is 30.3 Å². The highest BCUT2D eigenvalue weighted by Crippen LogP contribution is 2.25. The summed E-state index contributed by atoms with van der Waals surface area (Å²) in [6.07, 6.45) is 0. The molecule has 0 saturated heterocycles. The van der Waals surface area contributed by atoms with Crippen molar-refractivity contribution in [2.75, 3.05) is 23.6 Å². The average molecular weight is 256 g/mol. The summed E-state index contributed by atoms with van der Waals surface area (Å²) in [5.41, 5.74) is 5.52. The molecule has 0 aromatic heterocycles. The molecule has 0 heterocycles. The van der Waals surface area contributed by atoms with Gasteiger partial charge in [-0.15, -0.1) is 0 Å². The Kier molecular flexibility index (Phi) is 4.67. The SMILES string of the molecule is CCOc1ccccc1NN(CC)c1ccccc1. The van der Waals surface area contributed by atoms with Gasteiger partial charge < -0.3 is 4.74 Å². The van der Waals surface area contributed by atoms with Crippen LogP contribution in [-0.4, -0.2) is 13.2 Å². The Morgan fingerprint density at radius 2 is 1.63 bits per heavy atom. The van der Waals surface area contributed by atoms with Crippen LogP contribution in [0.2, 0.25) is 0 Å². The fourth-order valence-electron chi connectivity index (χ4n) is 1.92. The maximum Gasteiger partial charge on any atom is 0.144 e. The lowest BCUT2D eigenvalue weighted by molar-refractivity contribution is 0.341. The zero-order valence-corrected chi connectivity index (χ0v) is 11.5. The number of benzene rings is 2. The Bertz CT molecular complexity index is 499. The third-order valence-electron chi connectivity index (χ3n) is 2.83. The van der Waals surface area contributed by atoms with Crippen LogP contribution in [0.15, 0.2) is 54.6 Å². The van der Waals surface area contributed by atoms with Crippen LogP contribution in [0.1, 0.15) is 13.8 Å². The Morgan fingerprint density at radius 3 is 2.32 bits per heavy atom. The van der Waals surface area contributed by atoms with E-state index in [1.165, 1.54) is 0 Å². The topological polar surface area (TPSA) is 24.5 Å². The van der Waals surface area contributed by atoms with Gasteiger partial charge in [0.2, 0.25) is 0 Å². The maximum atomic E-state index is 5.63. The third-order valence-corrected chi connectivity index (χ3v) is 2.83. The lowest BCUT2D eigenvalue weighted by Crippen LogP contribution is -2.29. The lowest BCUT2D eigenvalue weighted by Gasteiger charge is -2.26. The van der Waals surface area contributed by atoms with E-state index in [0.717, 1.165) is 23.7 Å². The normalized spacial score (nSPS) is 10.0. The van der Waals surface area contributed by atoms with E-state index in [4.69, 9.17) is 4.74 Å². The highest BCUT2D eigenvalue weighted by Gasteiger charge is 2.07. The van der Waals surface area contributed by atoms with Crippen molar-refractivity contribution in [3.8, 4) is 5.75 Å². The van der Waals surface area contributed by atoms with Crippen LogP contribution >= 0.6 is 0 Å². The molecule has 0 unspecified atom stereocenters. The van der Waals surface area contributed by atoms with E-state index in [1.54, 1.807) is 0 Å². The van der Waals surface area contributed by atoms with Crippen molar-refractivity contribution in [2.45, 2.75) is 13.8 Å². The molecule has 0 fully saturated rings. The molecule has 3 nitrogen and oxygen atoms in total. The first-order valence-corrected chi connectivity index (χ1v) is 6.66. The molecule has 0 aliphatic rings. The van der Waals surface area contributed by atoms with E-state index in [9.17, 15) is 0 Å². The maximum absolute atomic E-state index is 5.63. The summed E-state index contributed by atoms with van der Waals surface area (Å²) in [5.74, 6) is 0.874. The van der Waals surface area contributed by atoms with Gasteiger partial charge in [-0.3, -0.25) is 10.4 Å². The molecule has 1 N–H and O–H groups in total. The smallest absolute Gasteiger partial charge is 0.144 e. The number of anilines is 2. The quantitative estimate of drug-likeness (QED) is 0.792. The molecular formula is C16H20N2O. The van der Waals surface area contributed by atoms with Gasteiger partial charge in [-0.25, -0.2) is 0 Å². The first-order chi connectivity index (χ1) is 9.35. The largest absolute Gasteiger partial charge is 0.492 e. The number of hydrogen-bond acceptors (Lipinski definition) is 3. The minimum atomic E-state index is 0.663. The molecule has 0 bridgehead atoms. The van der Waals surface area contributed by atoms with Crippen molar-refractivity contribution >= 4 is 11.4 Å². The van der Waals surface area contributed by atoms with Crippen LogP contribution in [-0.2, 0) is 0 Å². The second-order valence-electron chi connectivity index (χ2n) is 4.12. The molecule has 0 aliphatic carbocycles. The van der Waals surface area contributed by atoms with Crippen LogP contribution in [0.4, 0.5) is 11.4 Å². The molecule has 2 rings (SSSR count). The number of ether oxygens (including phenoxy) is 1. The monoisotopic (exact) mass is 256 g/mol. The van der Waals surface area contributed by atoms with E-state index in [0.29, 0.717) is 6.61 Å². The molecular weight excluding hydrogens is 236 g/mol. The average Bonchev–Trinajstić information content (AvgIpc) is 2.47. The second kappa shape index (κ2) is 6.69. The van der Waals surface area contributed by atoms with Crippen molar-refractivity contribution in [3.63, 3.8) is 0 Å². The van der Waals surface area contributed by atoms with E-state index >= 15 is 0 Å². The number of rotatable bonds is 6. The summed E-state index contributed by atoms with van der Waals surface area (Å²) in [7, 11) is 0. The first-order valence-electron chi connectivity index (χ1n) is 6.66. The molecule has 0 aliphatic heterocycles. The van der Waals surface area contributed by atoms with Crippen molar-refractivity contribution in [2.24, 2.45) is 0 Å². The minimum absolute atomic E-state index is 0.663. The van der Waals surface area contributed by atoms with E-state index in [1.807, 2.05) is 49.4 Å². The minimum Gasteiger partial charge on any atom is -0.492 e. The molecule has 3 heteroatoms. The van der Waals surface area contributed by atoms with Crippen LogP contribution < -0.4 is 15.2 Å². The summed E-state index contributed by atoms with van der Waals surface area (Å²) < 4.78 is 5.63. The predicted octanol–water partition coefficient (Wildman–Crippen LogP) is 3.94. The number of hydrazine groups is 1. The van der Waals surface area contributed by atoms with Gasteiger partial charge in [0.1, 0.15) is 5.75 Å². The first kappa shape index (κ1) is 13.3. The Morgan fingerprint density at radius 1 is 0.947 bits per heavy atom. The Balaban J connectivity index is 2.19. The molecule has 2 aromatic rings. The van der Waals surface area contributed by atoms with E-state index < -0.39 is 0 Å². The van der Waals surface area contributed by atoms with E-state index in [2.05, 4.69) is 29.5 Å². The zero-order valence-electron chi connectivity index (χ0n) is 11.5. The van der Waals surface area contributed by atoms with Gasteiger partial charge >= 0.3 is 0 Å². The summed E-state index contributed by atoms with van der Waals surface area (Å²) in [4.78, 5) is 0. The Hall–Kier alpha value is -2.16. The van der Waals surface area contributed by atoms with Crippen molar-refractivity contribution < 1.29 is 4.74 Å². The van der Waals surface area contributed by atoms with E-state index in [-0.39, 0.29) is 0 Å². The number of nitrogens with zero attached hydrogens (tertiary/aromatic N) is 1. The van der Waals surface area contributed by atoms with Gasteiger partial charge in [0.05, 0.1) is 18.0 Å². The zero-order chi connectivity index (χ0) is 13.5. The van der Waals surface area contributed by atoms with Crippen molar-refractivity contribution in [3.05, 3.63) is 54.6 Å². The van der Waals surface area contributed by atoms with Gasteiger partial charge in [0.25, 0.3) is 0 Å². The standard InChI is InChI=1S/C16H20N2O/c1-3-18(14-10-6-5-7-11-14)17-15-12-8-9-13-16(15)19-4-2/h5-13,17H,3-4H2,1-2H3. The number of nitrogens with one attached hydrogen (secondary N) is 1. The van der Waals surface area contributed by atoms with Gasteiger partial charge in [-0.2, -0.15) is 0 Å². The Labute approximate surface area is 114 Å². The third kappa shape index (κ3) is 3.41. The fourth-order valence-corrected chi connectivity index (χ4v) is 1.92. The van der Waals surface area contributed by atoms with Crippen LogP contribution in [0.5, 0.6) is 5.75 Å². The predicted molar refractivity (Wildman–Crippen MR) is 80.7 cm³/mol. The molecule has 0 atom stereocenters.